The van der Waals surface area contributed by atoms with Crippen LogP contribution in [-0.4, -0.2) is 26.3 Å². The number of hydrogen-bond donors (Lipinski definition) is 1. The van der Waals surface area contributed by atoms with Gasteiger partial charge in [0, 0.05) is 19.2 Å². The van der Waals surface area contributed by atoms with E-state index in [2.05, 4.69) is 4.72 Å². The maximum Gasteiger partial charge on any atom is 0.262 e. The third kappa shape index (κ3) is 4.63. The van der Waals surface area contributed by atoms with Crippen molar-refractivity contribution in [1.29, 1.82) is 0 Å². The minimum Gasteiger partial charge on any atom is -0.337 e. The van der Waals surface area contributed by atoms with Crippen molar-refractivity contribution in [3.05, 3.63) is 108 Å². The molecule has 0 spiro atoms. The molecule has 0 radical (unpaired) electrons. The molecule has 0 aliphatic heterocycles. The van der Waals surface area contributed by atoms with E-state index in [1.54, 1.807) is 13.1 Å². The molecule has 0 aliphatic carbocycles. The molecular formula is C25H21FN2O3S. The number of carbonyl (C=O) groups excluding carboxylic acids is 1. The van der Waals surface area contributed by atoms with Crippen molar-refractivity contribution in [1.82, 2.24) is 4.90 Å². The van der Waals surface area contributed by atoms with Crippen molar-refractivity contribution in [3.8, 4) is 0 Å². The Morgan fingerprint density at radius 2 is 1.59 bits per heavy atom. The fraction of sp³-hybridized carbons (Fsp3) is 0.0800. The van der Waals surface area contributed by atoms with E-state index in [1.165, 1.54) is 47.4 Å². The second-order valence-electron chi connectivity index (χ2n) is 7.46. The van der Waals surface area contributed by atoms with Gasteiger partial charge in [-0.25, -0.2) is 12.8 Å². The lowest BCUT2D eigenvalue weighted by Crippen LogP contribution is -2.26. The van der Waals surface area contributed by atoms with Crippen LogP contribution in [0.1, 0.15) is 15.9 Å². The summed E-state index contributed by atoms with van der Waals surface area (Å²) in [5.41, 5.74) is 1.03. The SMILES string of the molecule is CN(Cc1ccc2ccccc2c1)C(=O)c1cccc(S(=O)(=O)Nc2ccccc2F)c1. The van der Waals surface area contributed by atoms with Crippen LogP contribution in [0.15, 0.2) is 95.9 Å². The van der Waals surface area contributed by atoms with Gasteiger partial charge in [-0.3, -0.25) is 9.52 Å². The number of sulfonamides is 1. The van der Waals surface area contributed by atoms with Crippen molar-refractivity contribution in [2.24, 2.45) is 0 Å². The first kappa shape index (κ1) is 21.5. The third-order valence-electron chi connectivity index (χ3n) is 5.09. The number of halogens is 1. The van der Waals surface area contributed by atoms with E-state index in [0.29, 0.717) is 6.54 Å². The molecule has 0 heterocycles. The topological polar surface area (TPSA) is 66.5 Å². The number of fused-ring (bicyclic) bond motifs is 1. The highest BCUT2D eigenvalue weighted by molar-refractivity contribution is 7.92. The highest BCUT2D eigenvalue weighted by atomic mass is 32.2. The predicted octanol–water partition coefficient (Wildman–Crippen LogP) is 5.05. The van der Waals surface area contributed by atoms with Gasteiger partial charge in [0.25, 0.3) is 15.9 Å². The second-order valence-corrected chi connectivity index (χ2v) is 9.14. The monoisotopic (exact) mass is 448 g/mol. The van der Waals surface area contributed by atoms with Gasteiger partial charge in [0.05, 0.1) is 10.6 Å². The Labute approximate surface area is 186 Å². The molecule has 0 fully saturated rings. The van der Waals surface area contributed by atoms with E-state index in [9.17, 15) is 17.6 Å². The van der Waals surface area contributed by atoms with E-state index < -0.39 is 15.8 Å². The number of para-hydroxylation sites is 1. The van der Waals surface area contributed by atoms with E-state index >= 15 is 0 Å². The number of nitrogens with zero attached hydrogens (tertiary/aromatic N) is 1. The number of amides is 1. The smallest absolute Gasteiger partial charge is 0.262 e. The first-order valence-electron chi connectivity index (χ1n) is 9.94. The van der Waals surface area contributed by atoms with Gasteiger partial charge in [0.2, 0.25) is 0 Å². The third-order valence-corrected chi connectivity index (χ3v) is 6.45. The van der Waals surface area contributed by atoms with Gasteiger partial charge >= 0.3 is 0 Å². The van der Waals surface area contributed by atoms with Crippen LogP contribution in [0.2, 0.25) is 0 Å². The Hall–Kier alpha value is -3.71. The van der Waals surface area contributed by atoms with Crippen LogP contribution >= 0.6 is 0 Å². The standard InChI is InChI=1S/C25H21FN2O3S/c1-28(17-18-13-14-19-7-2-3-8-20(19)15-18)25(29)21-9-6-10-22(16-21)32(30,31)27-24-12-5-4-11-23(24)26/h2-16,27H,17H2,1H3. The van der Waals surface area contributed by atoms with Gasteiger partial charge in [-0.1, -0.05) is 54.6 Å². The zero-order valence-electron chi connectivity index (χ0n) is 17.3. The summed E-state index contributed by atoms with van der Waals surface area (Å²) in [6.45, 7) is 0.369. The number of carbonyl (C=O) groups is 1. The number of benzene rings is 4. The van der Waals surface area contributed by atoms with Gasteiger partial charge in [-0.2, -0.15) is 0 Å². The molecule has 4 rings (SSSR count). The lowest BCUT2D eigenvalue weighted by Gasteiger charge is -2.18. The normalized spacial score (nSPS) is 11.3. The highest BCUT2D eigenvalue weighted by Crippen LogP contribution is 2.21. The minimum absolute atomic E-state index is 0.120. The summed E-state index contributed by atoms with van der Waals surface area (Å²) >= 11 is 0. The minimum atomic E-state index is -4.06. The molecule has 0 atom stereocenters. The number of hydrogen-bond acceptors (Lipinski definition) is 3. The quantitative estimate of drug-likeness (QED) is 0.449. The average Bonchev–Trinajstić information content (AvgIpc) is 2.80. The lowest BCUT2D eigenvalue weighted by molar-refractivity contribution is 0.0785. The van der Waals surface area contributed by atoms with Crippen molar-refractivity contribution in [3.63, 3.8) is 0 Å². The predicted molar refractivity (Wildman–Crippen MR) is 123 cm³/mol. The Kier molecular flexibility index (Phi) is 5.92. The first-order chi connectivity index (χ1) is 15.3. The van der Waals surface area contributed by atoms with E-state index in [-0.39, 0.29) is 22.1 Å². The van der Waals surface area contributed by atoms with Crippen LogP contribution in [0, 0.1) is 5.82 Å². The summed E-state index contributed by atoms with van der Waals surface area (Å²) in [5.74, 6) is -1.00. The van der Waals surface area contributed by atoms with Crippen molar-refractivity contribution >= 4 is 32.4 Å². The Bertz CT molecular complexity index is 1400. The van der Waals surface area contributed by atoms with Gasteiger partial charge in [-0.05, 0) is 52.7 Å². The molecule has 5 nitrogen and oxygen atoms in total. The molecule has 0 bridgehead atoms. The van der Waals surface area contributed by atoms with Gasteiger partial charge in [0.15, 0.2) is 0 Å². The molecule has 4 aromatic carbocycles. The maximum absolute atomic E-state index is 13.9. The van der Waals surface area contributed by atoms with E-state index in [1.807, 2.05) is 42.5 Å². The van der Waals surface area contributed by atoms with E-state index in [4.69, 9.17) is 0 Å². The van der Waals surface area contributed by atoms with Crippen LogP contribution in [0.3, 0.4) is 0 Å². The largest absolute Gasteiger partial charge is 0.337 e. The molecule has 1 N–H and O–H groups in total. The summed E-state index contributed by atoms with van der Waals surface area (Å²) in [5, 5.41) is 2.20. The zero-order chi connectivity index (χ0) is 22.7. The molecule has 32 heavy (non-hydrogen) atoms. The molecular weight excluding hydrogens is 427 g/mol. The van der Waals surface area contributed by atoms with Crippen LogP contribution in [0.4, 0.5) is 10.1 Å². The Morgan fingerprint density at radius 3 is 2.38 bits per heavy atom. The molecule has 0 saturated heterocycles. The second kappa shape index (κ2) is 8.80. The number of rotatable bonds is 6. The first-order valence-corrected chi connectivity index (χ1v) is 11.4. The fourth-order valence-corrected chi connectivity index (χ4v) is 4.56. The van der Waals surface area contributed by atoms with Crippen molar-refractivity contribution in [2.45, 2.75) is 11.4 Å². The summed E-state index contributed by atoms with van der Waals surface area (Å²) in [4.78, 5) is 14.4. The van der Waals surface area contributed by atoms with Gasteiger partial charge in [0.1, 0.15) is 5.82 Å². The summed E-state index contributed by atoms with van der Waals surface area (Å²) in [6, 6.07) is 25.2. The molecule has 0 unspecified atom stereocenters. The summed E-state index contributed by atoms with van der Waals surface area (Å²) < 4.78 is 41.5. The molecule has 0 aromatic heterocycles. The van der Waals surface area contributed by atoms with Crippen LogP contribution < -0.4 is 4.72 Å². The number of nitrogens with one attached hydrogen (secondary N) is 1. The summed E-state index contributed by atoms with van der Waals surface area (Å²) in [6.07, 6.45) is 0. The van der Waals surface area contributed by atoms with Gasteiger partial charge < -0.3 is 4.90 Å². The highest BCUT2D eigenvalue weighted by Gasteiger charge is 2.19. The molecule has 7 heteroatoms. The maximum atomic E-state index is 13.9. The van der Waals surface area contributed by atoms with Crippen LogP contribution in [-0.2, 0) is 16.6 Å². The van der Waals surface area contributed by atoms with E-state index in [0.717, 1.165) is 16.3 Å². The van der Waals surface area contributed by atoms with Crippen molar-refractivity contribution < 1.29 is 17.6 Å². The zero-order valence-corrected chi connectivity index (χ0v) is 18.1. The van der Waals surface area contributed by atoms with Crippen LogP contribution in [0.5, 0.6) is 0 Å². The Morgan fingerprint density at radius 1 is 0.875 bits per heavy atom. The number of anilines is 1. The molecule has 1 amide bonds. The lowest BCUT2D eigenvalue weighted by atomic mass is 10.1. The molecule has 0 saturated carbocycles. The fourth-order valence-electron chi connectivity index (χ4n) is 3.45. The molecule has 162 valence electrons. The average molecular weight is 449 g/mol. The molecule has 4 aromatic rings. The van der Waals surface area contributed by atoms with Crippen molar-refractivity contribution in [2.75, 3.05) is 11.8 Å². The van der Waals surface area contributed by atoms with Crippen LogP contribution in [0.25, 0.3) is 10.8 Å². The Balaban J connectivity index is 1.53. The van der Waals surface area contributed by atoms with Gasteiger partial charge in [-0.15, -0.1) is 0 Å². The summed E-state index contributed by atoms with van der Waals surface area (Å²) in [7, 11) is -2.40. The molecule has 0 aliphatic rings.